The predicted octanol–water partition coefficient (Wildman–Crippen LogP) is 3.83. The Hall–Kier alpha value is -3.43. The first-order valence-corrected chi connectivity index (χ1v) is 11.9. The summed E-state index contributed by atoms with van der Waals surface area (Å²) in [6.07, 6.45) is -3.97. The van der Waals surface area contributed by atoms with Crippen molar-refractivity contribution in [2.24, 2.45) is 0 Å². The van der Waals surface area contributed by atoms with Gasteiger partial charge < -0.3 is 29.9 Å². The molecule has 3 aliphatic heterocycles. The van der Waals surface area contributed by atoms with E-state index in [1.54, 1.807) is 13.8 Å². The van der Waals surface area contributed by atoms with Crippen LogP contribution >= 0.6 is 0 Å². The average molecular weight is 521 g/mol. The molecule has 198 valence electrons. The molecular weight excluding hydrogens is 493 g/mol. The van der Waals surface area contributed by atoms with Gasteiger partial charge in [0.05, 0.1) is 45.7 Å². The number of hydrogen-bond donors (Lipinski definition) is 3. The highest BCUT2D eigenvalue weighted by atomic mass is 19.4. The summed E-state index contributed by atoms with van der Waals surface area (Å²) in [7, 11) is 2.00. The van der Waals surface area contributed by atoms with E-state index in [-0.39, 0.29) is 29.3 Å². The minimum absolute atomic E-state index is 0.173. The third-order valence-corrected chi connectivity index (χ3v) is 7.76. The van der Waals surface area contributed by atoms with Crippen LogP contribution in [-0.2, 0) is 26.9 Å². The number of alkyl halides is 3. The number of piperidine rings is 1. The van der Waals surface area contributed by atoms with Crippen LogP contribution in [0.4, 0.5) is 18.0 Å². The van der Waals surface area contributed by atoms with E-state index in [2.05, 4.69) is 10.2 Å². The minimum Gasteiger partial charge on any atom is -0.494 e. The molecule has 3 aliphatic rings. The van der Waals surface area contributed by atoms with Crippen molar-refractivity contribution < 1.29 is 37.7 Å². The molecule has 0 unspecified atom stereocenters. The van der Waals surface area contributed by atoms with Crippen molar-refractivity contribution in [1.82, 2.24) is 14.8 Å². The van der Waals surface area contributed by atoms with Gasteiger partial charge in [-0.2, -0.15) is 18.4 Å². The second kappa shape index (κ2) is 8.29. The number of rotatable bonds is 3. The lowest BCUT2D eigenvalue weighted by Crippen LogP contribution is -2.48. The molecule has 0 aliphatic carbocycles. The molecule has 37 heavy (non-hydrogen) atoms. The summed E-state index contributed by atoms with van der Waals surface area (Å²) in [4.78, 5) is 14.9. The van der Waals surface area contributed by atoms with Crippen LogP contribution in [-0.4, -0.2) is 58.1 Å². The number of benzene rings is 1. The van der Waals surface area contributed by atoms with E-state index in [0.717, 1.165) is 23.7 Å². The lowest BCUT2D eigenvalue weighted by Gasteiger charge is -2.32. The smallest absolute Gasteiger partial charge is 0.417 e. The maximum atomic E-state index is 13.6. The number of nitrogens with one attached hydrogen (secondary N) is 1. The quantitative estimate of drug-likeness (QED) is 0.563. The van der Waals surface area contributed by atoms with Gasteiger partial charge in [-0.05, 0) is 51.9 Å². The number of hydrogen-bond acceptors (Lipinski definition) is 7. The number of nitriles is 1. The van der Waals surface area contributed by atoms with E-state index in [1.807, 2.05) is 7.05 Å². The Morgan fingerprint density at radius 3 is 2.49 bits per heavy atom. The highest BCUT2D eigenvalue weighted by Crippen LogP contribution is 2.64. The van der Waals surface area contributed by atoms with Gasteiger partial charge >= 0.3 is 12.3 Å². The normalized spacial score (nSPS) is 27.6. The molecule has 1 aromatic carbocycles. The molecular formula is C25H27F3N4O5. The number of halogens is 3. The van der Waals surface area contributed by atoms with Crippen LogP contribution in [0.15, 0.2) is 18.2 Å². The van der Waals surface area contributed by atoms with Crippen molar-refractivity contribution in [3.05, 3.63) is 40.5 Å². The van der Waals surface area contributed by atoms with E-state index in [0.29, 0.717) is 18.9 Å². The third kappa shape index (κ3) is 3.88. The molecule has 12 heteroatoms. The Morgan fingerprint density at radius 1 is 1.22 bits per heavy atom. The third-order valence-electron chi connectivity index (χ3n) is 7.76. The summed E-state index contributed by atoms with van der Waals surface area (Å²) in [5.41, 5.74) is -3.91. The molecule has 2 aromatic rings. The molecule has 0 spiro atoms. The number of nitrogens with zero attached hydrogens (tertiary/aromatic N) is 3. The standard InChI is InChI=1S/C25H27F3N4O5/c1-23-11-17(30-22(35)36-15-6-8-31(3)9-7-15)24(2,37-23)19-18(23)20(33)32(21(19)34)14-5-4-13(12-29)16(10-14)25(26,27)28/h4-5,10,15,17,33-34H,6-9,11H2,1-3H3,(H,30,35)/t17-,23+,24-/m1/s1. The van der Waals surface area contributed by atoms with E-state index < -0.39 is 52.4 Å². The van der Waals surface area contributed by atoms with Crippen LogP contribution < -0.4 is 5.32 Å². The summed E-state index contributed by atoms with van der Waals surface area (Å²) in [6.45, 7) is 4.96. The Balaban J connectivity index is 1.47. The Kier molecular flexibility index (Phi) is 5.65. The number of ether oxygens (including phenoxy) is 2. The van der Waals surface area contributed by atoms with Gasteiger partial charge in [-0.3, -0.25) is 4.57 Å². The van der Waals surface area contributed by atoms with Crippen LogP contribution in [0.25, 0.3) is 5.69 Å². The Labute approximate surface area is 211 Å². The number of alkyl carbamates (subject to hydrolysis) is 1. The zero-order valence-electron chi connectivity index (χ0n) is 20.5. The molecule has 9 nitrogen and oxygen atoms in total. The van der Waals surface area contributed by atoms with Gasteiger partial charge in [0.15, 0.2) is 0 Å². The molecule has 0 saturated carbocycles. The number of aromatic hydroxyl groups is 2. The predicted molar refractivity (Wildman–Crippen MR) is 123 cm³/mol. The molecule has 2 saturated heterocycles. The van der Waals surface area contributed by atoms with E-state index in [4.69, 9.17) is 14.7 Å². The second-order valence-corrected chi connectivity index (χ2v) is 10.3. The second-order valence-electron chi connectivity index (χ2n) is 10.3. The first-order valence-electron chi connectivity index (χ1n) is 11.9. The monoisotopic (exact) mass is 520 g/mol. The summed E-state index contributed by atoms with van der Waals surface area (Å²) in [5.74, 6) is -0.976. The number of amides is 1. The van der Waals surface area contributed by atoms with Gasteiger partial charge in [0.2, 0.25) is 11.8 Å². The number of carbonyl (C=O) groups is 1. The largest absolute Gasteiger partial charge is 0.494 e. The zero-order chi connectivity index (χ0) is 26.9. The SMILES string of the molecule is CN1CCC(OC(=O)N[C@@H]2C[C@]3(C)O[C@@]2(C)c2c3c(O)n(-c3ccc(C#N)c(C(F)(F)F)c3)c2O)CC1. The summed E-state index contributed by atoms with van der Waals surface area (Å²) in [5, 5.41) is 34.2. The first kappa shape index (κ1) is 25.2. The Morgan fingerprint density at radius 2 is 1.86 bits per heavy atom. The molecule has 1 aromatic heterocycles. The topological polar surface area (TPSA) is 120 Å². The molecule has 4 heterocycles. The molecule has 1 amide bonds. The van der Waals surface area contributed by atoms with Crippen molar-refractivity contribution in [2.75, 3.05) is 20.1 Å². The number of carbonyl (C=O) groups excluding carboxylic acids is 1. The number of fused-ring (bicyclic) bond motifs is 5. The van der Waals surface area contributed by atoms with Crippen LogP contribution in [0.2, 0.25) is 0 Å². The van der Waals surface area contributed by atoms with E-state index in [1.165, 1.54) is 12.1 Å². The van der Waals surface area contributed by atoms with Crippen molar-refractivity contribution in [2.45, 2.75) is 62.6 Å². The molecule has 5 rings (SSSR count). The van der Waals surface area contributed by atoms with Crippen molar-refractivity contribution in [3.63, 3.8) is 0 Å². The fraction of sp³-hybridized carbons (Fsp3) is 0.520. The van der Waals surface area contributed by atoms with Crippen molar-refractivity contribution in [1.29, 1.82) is 5.26 Å². The fourth-order valence-electron chi connectivity index (χ4n) is 5.93. The van der Waals surface area contributed by atoms with Gasteiger partial charge in [0, 0.05) is 19.5 Å². The molecule has 0 radical (unpaired) electrons. The molecule has 3 N–H and O–H groups in total. The fourth-order valence-corrected chi connectivity index (χ4v) is 5.93. The first-order chi connectivity index (χ1) is 17.3. The highest BCUT2D eigenvalue weighted by molar-refractivity contribution is 5.70. The van der Waals surface area contributed by atoms with Crippen LogP contribution in [0.5, 0.6) is 11.8 Å². The average Bonchev–Trinajstić information content (AvgIpc) is 3.34. The maximum absolute atomic E-state index is 13.6. The van der Waals surface area contributed by atoms with Gasteiger partial charge in [-0.15, -0.1) is 0 Å². The van der Waals surface area contributed by atoms with E-state index >= 15 is 0 Å². The van der Waals surface area contributed by atoms with Gasteiger partial charge in [-0.1, -0.05) is 0 Å². The summed E-state index contributed by atoms with van der Waals surface area (Å²) in [6, 6.07) is 3.79. The minimum atomic E-state index is -4.81. The van der Waals surface area contributed by atoms with E-state index in [9.17, 15) is 28.2 Å². The van der Waals surface area contributed by atoms with Gasteiger partial charge in [0.1, 0.15) is 11.7 Å². The van der Waals surface area contributed by atoms with Crippen LogP contribution in [0.3, 0.4) is 0 Å². The number of aromatic nitrogens is 1. The van der Waals surface area contributed by atoms with Crippen LogP contribution in [0, 0.1) is 11.3 Å². The van der Waals surface area contributed by atoms with Gasteiger partial charge in [-0.25, -0.2) is 4.79 Å². The lowest BCUT2D eigenvalue weighted by molar-refractivity contribution is -0.137. The van der Waals surface area contributed by atoms with Gasteiger partial charge in [0.25, 0.3) is 0 Å². The highest BCUT2D eigenvalue weighted by Gasteiger charge is 2.65. The van der Waals surface area contributed by atoms with Crippen molar-refractivity contribution >= 4 is 6.09 Å². The van der Waals surface area contributed by atoms with Crippen LogP contribution in [0.1, 0.15) is 55.4 Å². The summed E-state index contributed by atoms with van der Waals surface area (Å²) >= 11 is 0. The molecule has 2 fully saturated rings. The number of likely N-dealkylation sites (tertiary alicyclic amines) is 1. The van der Waals surface area contributed by atoms with Crippen molar-refractivity contribution in [3.8, 4) is 23.5 Å². The zero-order valence-corrected chi connectivity index (χ0v) is 20.5. The Bertz CT molecular complexity index is 1310. The maximum Gasteiger partial charge on any atom is 0.417 e. The summed E-state index contributed by atoms with van der Waals surface area (Å²) < 4.78 is 53.4. The lowest BCUT2D eigenvalue weighted by atomic mass is 9.76. The molecule has 3 atom stereocenters. The molecule has 2 bridgehead atoms.